The fourth-order valence-corrected chi connectivity index (χ4v) is 1.64. The van der Waals surface area contributed by atoms with Gasteiger partial charge in [0.05, 0.1) is 0 Å². The monoisotopic (exact) mass is 177 g/mol. The van der Waals surface area contributed by atoms with Gasteiger partial charge >= 0.3 is 0 Å². The molecule has 13 heavy (non-hydrogen) atoms. The summed E-state index contributed by atoms with van der Waals surface area (Å²) in [6.07, 6.45) is 1.05. The van der Waals surface area contributed by atoms with Crippen LogP contribution in [0.15, 0.2) is 18.2 Å². The smallest absolute Gasteiger partial charge is 0.0355 e. The summed E-state index contributed by atoms with van der Waals surface area (Å²) in [7, 11) is 0. The predicted molar refractivity (Wildman–Crippen MR) is 57.8 cm³/mol. The zero-order chi connectivity index (χ0) is 10.1. The van der Waals surface area contributed by atoms with Gasteiger partial charge in [-0.1, -0.05) is 30.7 Å². The van der Waals surface area contributed by atoms with Gasteiger partial charge in [-0.05, 0) is 38.3 Å². The van der Waals surface area contributed by atoms with E-state index in [4.69, 9.17) is 5.73 Å². The predicted octanol–water partition coefficient (Wildman–Crippen LogP) is 2.75. The van der Waals surface area contributed by atoms with E-state index in [-0.39, 0.29) is 5.54 Å². The zero-order valence-electron chi connectivity index (χ0n) is 9.02. The Balaban J connectivity index is 3.22. The molecule has 1 rings (SSSR count). The maximum atomic E-state index is 6.08. The summed E-state index contributed by atoms with van der Waals surface area (Å²) in [5.41, 5.74) is 9.80. The Hall–Kier alpha value is -0.820. The van der Waals surface area contributed by atoms with E-state index in [1.54, 1.807) is 0 Å². The molecule has 1 aromatic rings. The van der Waals surface area contributed by atoms with Crippen molar-refractivity contribution < 1.29 is 0 Å². The highest BCUT2D eigenvalue weighted by atomic mass is 14.7. The molecule has 0 saturated carbocycles. The molecule has 0 aliphatic carbocycles. The lowest BCUT2D eigenvalue weighted by atomic mass is 9.89. The average Bonchev–Trinajstić information content (AvgIpc) is 2.01. The molecule has 2 N–H and O–H groups in total. The maximum absolute atomic E-state index is 6.08. The molecular formula is C12H19N. The third-order valence-electron chi connectivity index (χ3n) is 2.34. The third-order valence-corrected chi connectivity index (χ3v) is 2.34. The van der Waals surface area contributed by atoms with Crippen molar-refractivity contribution in [2.24, 2.45) is 5.73 Å². The van der Waals surface area contributed by atoms with Crippen LogP contribution in [0, 0.1) is 6.92 Å². The second-order valence-electron chi connectivity index (χ2n) is 4.24. The minimum absolute atomic E-state index is 0.223. The second-order valence-corrected chi connectivity index (χ2v) is 4.24. The molecule has 0 bridgehead atoms. The molecule has 1 aromatic carbocycles. The molecule has 0 saturated heterocycles. The molecule has 0 spiro atoms. The largest absolute Gasteiger partial charge is 0.322 e. The van der Waals surface area contributed by atoms with Gasteiger partial charge in [0.25, 0.3) is 0 Å². The Labute approximate surface area is 81.0 Å². The molecule has 0 aromatic heterocycles. The van der Waals surface area contributed by atoms with Crippen LogP contribution < -0.4 is 5.73 Å². The first kappa shape index (κ1) is 10.3. The summed E-state index contributed by atoms with van der Waals surface area (Å²) >= 11 is 0. The van der Waals surface area contributed by atoms with E-state index in [1.165, 1.54) is 16.7 Å². The van der Waals surface area contributed by atoms with Crippen LogP contribution in [0.3, 0.4) is 0 Å². The standard InChI is InChI=1S/C12H19N/c1-5-10-8-9(2)6-7-11(10)12(3,4)13/h6-8H,5,13H2,1-4H3. The highest BCUT2D eigenvalue weighted by molar-refractivity contribution is 5.35. The van der Waals surface area contributed by atoms with Gasteiger partial charge < -0.3 is 5.73 Å². The van der Waals surface area contributed by atoms with Crippen LogP contribution in [-0.2, 0) is 12.0 Å². The van der Waals surface area contributed by atoms with Crippen LogP contribution in [-0.4, -0.2) is 0 Å². The fourth-order valence-electron chi connectivity index (χ4n) is 1.64. The van der Waals surface area contributed by atoms with Crippen molar-refractivity contribution in [3.05, 3.63) is 34.9 Å². The Morgan fingerprint density at radius 3 is 2.38 bits per heavy atom. The lowest BCUT2D eigenvalue weighted by Crippen LogP contribution is -2.30. The lowest BCUT2D eigenvalue weighted by molar-refractivity contribution is 0.548. The Kier molecular flexibility index (Phi) is 2.77. The van der Waals surface area contributed by atoms with Crippen LogP contribution in [0.25, 0.3) is 0 Å². The van der Waals surface area contributed by atoms with Crippen molar-refractivity contribution in [3.63, 3.8) is 0 Å². The molecule has 1 heteroatoms. The number of nitrogens with two attached hydrogens (primary N) is 1. The third kappa shape index (κ3) is 2.31. The summed E-state index contributed by atoms with van der Waals surface area (Å²) in [6.45, 7) is 8.39. The number of aryl methyl sites for hydroxylation is 2. The van der Waals surface area contributed by atoms with Crippen molar-refractivity contribution in [2.45, 2.75) is 39.7 Å². The van der Waals surface area contributed by atoms with Gasteiger partial charge in [0.15, 0.2) is 0 Å². The number of rotatable bonds is 2. The van der Waals surface area contributed by atoms with Crippen LogP contribution in [0.4, 0.5) is 0 Å². The molecule has 1 nitrogen and oxygen atoms in total. The van der Waals surface area contributed by atoms with E-state index in [1.807, 2.05) is 0 Å². The second kappa shape index (κ2) is 3.51. The minimum Gasteiger partial charge on any atom is -0.322 e. The van der Waals surface area contributed by atoms with E-state index in [0.29, 0.717) is 0 Å². The first-order valence-electron chi connectivity index (χ1n) is 4.84. The minimum atomic E-state index is -0.223. The first-order chi connectivity index (χ1) is 5.95. The Morgan fingerprint density at radius 2 is 1.92 bits per heavy atom. The molecule has 0 heterocycles. The molecule has 0 aliphatic heterocycles. The topological polar surface area (TPSA) is 26.0 Å². The molecule has 0 fully saturated rings. The number of benzene rings is 1. The van der Waals surface area contributed by atoms with Gasteiger partial charge in [0, 0.05) is 5.54 Å². The SMILES string of the molecule is CCc1cc(C)ccc1C(C)(C)N. The highest BCUT2D eigenvalue weighted by Gasteiger charge is 2.16. The van der Waals surface area contributed by atoms with Gasteiger partial charge in [0.1, 0.15) is 0 Å². The summed E-state index contributed by atoms with van der Waals surface area (Å²) in [5, 5.41) is 0. The number of hydrogen-bond donors (Lipinski definition) is 1. The molecule has 0 aliphatic rings. The quantitative estimate of drug-likeness (QED) is 0.738. The summed E-state index contributed by atoms with van der Waals surface area (Å²) in [5.74, 6) is 0. The normalized spacial score (nSPS) is 11.8. The zero-order valence-corrected chi connectivity index (χ0v) is 9.02. The Morgan fingerprint density at radius 1 is 1.31 bits per heavy atom. The van der Waals surface area contributed by atoms with Gasteiger partial charge in [-0.2, -0.15) is 0 Å². The molecule has 0 amide bonds. The van der Waals surface area contributed by atoms with Crippen LogP contribution in [0.5, 0.6) is 0 Å². The molecule has 0 unspecified atom stereocenters. The Bertz CT molecular complexity index is 294. The van der Waals surface area contributed by atoms with Crippen LogP contribution in [0.2, 0.25) is 0 Å². The van der Waals surface area contributed by atoms with Crippen LogP contribution in [0.1, 0.15) is 37.5 Å². The van der Waals surface area contributed by atoms with E-state index in [9.17, 15) is 0 Å². The highest BCUT2D eigenvalue weighted by Crippen LogP contribution is 2.22. The average molecular weight is 177 g/mol. The van der Waals surface area contributed by atoms with Crippen molar-refractivity contribution in [1.29, 1.82) is 0 Å². The van der Waals surface area contributed by atoms with E-state index in [0.717, 1.165) is 6.42 Å². The van der Waals surface area contributed by atoms with Gasteiger partial charge in [0.2, 0.25) is 0 Å². The molecular weight excluding hydrogens is 158 g/mol. The van der Waals surface area contributed by atoms with Crippen molar-refractivity contribution in [2.75, 3.05) is 0 Å². The molecule has 72 valence electrons. The van der Waals surface area contributed by atoms with E-state index in [2.05, 4.69) is 45.9 Å². The maximum Gasteiger partial charge on any atom is 0.0355 e. The number of hydrogen-bond acceptors (Lipinski definition) is 1. The van der Waals surface area contributed by atoms with Gasteiger partial charge in [-0.15, -0.1) is 0 Å². The lowest BCUT2D eigenvalue weighted by Gasteiger charge is -2.22. The fraction of sp³-hybridized carbons (Fsp3) is 0.500. The summed E-state index contributed by atoms with van der Waals surface area (Å²) in [6, 6.07) is 6.50. The van der Waals surface area contributed by atoms with Gasteiger partial charge in [-0.3, -0.25) is 0 Å². The molecule has 0 radical (unpaired) electrons. The first-order valence-corrected chi connectivity index (χ1v) is 4.84. The van der Waals surface area contributed by atoms with Crippen molar-refractivity contribution >= 4 is 0 Å². The van der Waals surface area contributed by atoms with E-state index >= 15 is 0 Å². The van der Waals surface area contributed by atoms with Crippen molar-refractivity contribution in [1.82, 2.24) is 0 Å². The van der Waals surface area contributed by atoms with Gasteiger partial charge in [-0.25, -0.2) is 0 Å². The van der Waals surface area contributed by atoms with Crippen LogP contribution >= 0.6 is 0 Å². The van der Waals surface area contributed by atoms with Crippen molar-refractivity contribution in [3.8, 4) is 0 Å². The molecule has 0 atom stereocenters. The summed E-state index contributed by atoms with van der Waals surface area (Å²) < 4.78 is 0. The van der Waals surface area contributed by atoms with E-state index < -0.39 is 0 Å². The summed E-state index contributed by atoms with van der Waals surface area (Å²) in [4.78, 5) is 0.